The lowest BCUT2D eigenvalue weighted by molar-refractivity contribution is 0.317. The van der Waals surface area contributed by atoms with Crippen molar-refractivity contribution in [2.24, 2.45) is 0 Å². The average Bonchev–Trinajstić information content (AvgIpc) is 2.32. The summed E-state index contributed by atoms with van der Waals surface area (Å²) in [5.41, 5.74) is 1.06. The van der Waals surface area contributed by atoms with E-state index < -0.39 is 11.2 Å². The topological polar surface area (TPSA) is 32.3 Å². The third-order valence-electron chi connectivity index (χ3n) is 2.34. The summed E-state index contributed by atoms with van der Waals surface area (Å²) in [7, 11) is 0. The van der Waals surface area contributed by atoms with Gasteiger partial charge in [-0.25, -0.2) is 0 Å². The molecule has 0 heterocycles. The van der Waals surface area contributed by atoms with E-state index in [9.17, 15) is 4.55 Å². The van der Waals surface area contributed by atoms with E-state index >= 15 is 0 Å². The number of benzene rings is 1. The zero-order valence-corrected chi connectivity index (χ0v) is 11.9. The smallest absolute Gasteiger partial charge is 0.159 e. The van der Waals surface area contributed by atoms with E-state index in [1.54, 1.807) is 0 Å². The Hall–Kier alpha value is -0.380. The van der Waals surface area contributed by atoms with E-state index in [1.807, 2.05) is 32.0 Å². The normalized spacial score (nSPS) is 12.5. The summed E-state index contributed by atoms with van der Waals surface area (Å²) >= 11 is 4.67. The quantitative estimate of drug-likeness (QED) is 0.433. The van der Waals surface area contributed by atoms with Gasteiger partial charge in [0, 0.05) is 17.5 Å². The number of hydrogen-bond acceptors (Lipinski definition) is 2. The fourth-order valence-electron chi connectivity index (χ4n) is 1.46. The summed E-state index contributed by atoms with van der Waals surface area (Å²) < 4.78 is 17.5. The molecule has 2 nitrogen and oxygen atoms in total. The third-order valence-corrected chi connectivity index (χ3v) is 4.32. The van der Waals surface area contributed by atoms with Crippen LogP contribution in [0.15, 0.2) is 23.1 Å². The van der Waals surface area contributed by atoms with Gasteiger partial charge in [-0.15, -0.1) is 11.6 Å². The van der Waals surface area contributed by atoms with Crippen molar-refractivity contribution in [1.29, 1.82) is 0 Å². The van der Waals surface area contributed by atoms with Gasteiger partial charge < -0.3 is 9.29 Å². The molecule has 0 aromatic heterocycles. The van der Waals surface area contributed by atoms with Gasteiger partial charge >= 0.3 is 0 Å². The van der Waals surface area contributed by atoms with Crippen molar-refractivity contribution in [3.63, 3.8) is 0 Å². The van der Waals surface area contributed by atoms with Crippen LogP contribution in [0.5, 0.6) is 5.75 Å². The van der Waals surface area contributed by atoms with Crippen molar-refractivity contribution in [2.75, 3.05) is 18.2 Å². The number of hydrogen-bond donors (Lipinski definition) is 0. The number of ether oxygens (including phenoxy) is 1. The van der Waals surface area contributed by atoms with Gasteiger partial charge in [0.25, 0.3) is 0 Å². The van der Waals surface area contributed by atoms with Crippen LogP contribution < -0.4 is 4.74 Å². The average molecular weight is 275 g/mol. The Morgan fingerprint density at radius 3 is 2.82 bits per heavy atom. The lowest BCUT2D eigenvalue weighted by Gasteiger charge is -2.13. The second-order valence-corrected chi connectivity index (χ2v) is 5.79. The van der Waals surface area contributed by atoms with E-state index in [0.29, 0.717) is 18.2 Å². The molecule has 1 rings (SSSR count). The van der Waals surface area contributed by atoms with E-state index in [-0.39, 0.29) is 0 Å². The minimum atomic E-state index is -0.919. The van der Waals surface area contributed by atoms with Crippen molar-refractivity contribution in [3.8, 4) is 5.75 Å². The molecule has 0 aliphatic heterocycles. The van der Waals surface area contributed by atoms with E-state index in [1.165, 1.54) is 0 Å². The molecule has 1 aromatic carbocycles. The second kappa shape index (κ2) is 7.85. The number of rotatable bonds is 7. The highest BCUT2D eigenvalue weighted by atomic mass is 35.5. The van der Waals surface area contributed by atoms with Crippen LogP contribution >= 0.6 is 11.6 Å². The SMILES string of the molecule is CCC[S+]([O-])c1cc(OCCCCl)ccc1C. The molecule has 0 amide bonds. The molecule has 0 radical (unpaired) electrons. The number of aryl methyl sites for hydroxylation is 1. The molecular formula is C13H19ClO2S. The third kappa shape index (κ3) is 4.78. The predicted octanol–water partition coefficient (Wildman–Crippen LogP) is 3.52. The van der Waals surface area contributed by atoms with Crippen LogP contribution in [0.4, 0.5) is 0 Å². The minimum absolute atomic E-state index is 0.598. The molecule has 0 aliphatic rings. The predicted molar refractivity (Wildman–Crippen MR) is 73.6 cm³/mol. The molecule has 0 N–H and O–H groups in total. The molecule has 1 unspecified atom stereocenters. The first-order valence-corrected chi connectivity index (χ1v) is 7.72. The van der Waals surface area contributed by atoms with E-state index in [0.717, 1.165) is 29.1 Å². The van der Waals surface area contributed by atoms with Crippen LogP contribution in [-0.2, 0) is 11.2 Å². The molecule has 0 spiro atoms. The zero-order chi connectivity index (χ0) is 12.7. The van der Waals surface area contributed by atoms with Crippen LogP contribution in [0.1, 0.15) is 25.3 Å². The molecule has 0 bridgehead atoms. The number of halogens is 1. The molecule has 0 saturated heterocycles. The first-order chi connectivity index (χ1) is 8.19. The van der Waals surface area contributed by atoms with Gasteiger partial charge in [-0.2, -0.15) is 0 Å². The van der Waals surface area contributed by atoms with Crippen molar-refractivity contribution < 1.29 is 9.29 Å². The minimum Gasteiger partial charge on any atom is -0.611 e. The summed E-state index contributed by atoms with van der Waals surface area (Å²) in [6.45, 7) is 4.62. The van der Waals surface area contributed by atoms with Crippen molar-refractivity contribution in [3.05, 3.63) is 23.8 Å². The van der Waals surface area contributed by atoms with E-state index in [2.05, 4.69) is 0 Å². The Morgan fingerprint density at radius 1 is 1.41 bits per heavy atom. The van der Waals surface area contributed by atoms with Crippen LogP contribution in [-0.4, -0.2) is 22.8 Å². The van der Waals surface area contributed by atoms with Gasteiger partial charge in [0.1, 0.15) is 11.5 Å². The van der Waals surface area contributed by atoms with Gasteiger partial charge in [-0.05, 0) is 37.0 Å². The highest BCUT2D eigenvalue weighted by Gasteiger charge is 2.14. The van der Waals surface area contributed by atoms with Gasteiger partial charge in [0.15, 0.2) is 4.90 Å². The summed E-state index contributed by atoms with van der Waals surface area (Å²) in [4.78, 5) is 0.884. The van der Waals surface area contributed by atoms with Crippen molar-refractivity contribution in [1.82, 2.24) is 0 Å². The standard InChI is InChI=1S/C13H19ClO2S/c1-3-9-17(15)13-10-12(6-5-11(13)2)16-8-4-7-14/h5-6,10H,3-4,7-9H2,1-2H3. The maximum atomic E-state index is 12.0. The van der Waals surface area contributed by atoms with Gasteiger partial charge in [-0.3, -0.25) is 0 Å². The summed E-state index contributed by atoms with van der Waals surface area (Å²) in [6, 6.07) is 5.75. The summed E-state index contributed by atoms with van der Waals surface area (Å²) in [6.07, 6.45) is 1.74. The van der Waals surface area contributed by atoms with Crippen molar-refractivity contribution in [2.45, 2.75) is 31.6 Å². The maximum Gasteiger partial charge on any atom is 0.159 e. The molecule has 1 atom stereocenters. The van der Waals surface area contributed by atoms with Crippen LogP contribution in [0.3, 0.4) is 0 Å². The Kier molecular flexibility index (Phi) is 6.78. The number of alkyl halides is 1. The molecule has 0 saturated carbocycles. The van der Waals surface area contributed by atoms with Crippen LogP contribution in [0.25, 0.3) is 0 Å². The van der Waals surface area contributed by atoms with Gasteiger partial charge in [0.2, 0.25) is 0 Å². The molecule has 17 heavy (non-hydrogen) atoms. The molecule has 0 fully saturated rings. The lowest BCUT2D eigenvalue weighted by atomic mass is 10.2. The van der Waals surface area contributed by atoms with Crippen LogP contribution in [0.2, 0.25) is 0 Å². The largest absolute Gasteiger partial charge is 0.611 e. The monoisotopic (exact) mass is 274 g/mol. The molecule has 96 valence electrons. The van der Waals surface area contributed by atoms with Crippen LogP contribution in [0, 0.1) is 6.92 Å². The molecule has 4 heteroatoms. The first kappa shape index (κ1) is 14.7. The maximum absolute atomic E-state index is 12.0. The van der Waals surface area contributed by atoms with Gasteiger partial charge in [0.05, 0.1) is 6.61 Å². The zero-order valence-electron chi connectivity index (χ0n) is 10.4. The fourth-order valence-corrected chi connectivity index (χ4v) is 2.83. The highest BCUT2D eigenvalue weighted by Crippen LogP contribution is 2.23. The Morgan fingerprint density at radius 2 is 2.18 bits per heavy atom. The van der Waals surface area contributed by atoms with Crippen molar-refractivity contribution >= 4 is 22.8 Å². The fraction of sp³-hybridized carbons (Fsp3) is 0.538. The Labute approximate surface area is 111 Å². The van der Waals surface area contributed by atoms with Gasteiger partial charge in [-0.1, -0.05) is 13.0 Å². The lowest BCUT2D eigenvalue weighted by Crippen LogP contribution is -2.08. The Bertz CT molecular complexity index is 344. The Balaban J connectivity index is 2.72. The second-order valence-electron chi connectivity index (χ2n) is 3.87. The summed E-state index contributed by atoms with van der Waals surface area (Å²) in [5.74, 6) is 2.08. The molecule has 0 aliphatic carbocycles. The van der Waals surface area contributed by atoms with E-state index in [4.69, 9.17) is 16.3 Å². The first-order valence-electron chi connectivity index (χ1n) is 5.86. The summed E-state index contributed by atoms with van der Waals surface area (Å²) in [5, 5.41) is 0. The highest BCUT2D eigenvalue weighted by molar-refractivity contribution is 7.91. The molecular weight excluding hydrogens is 256 g/mol. The molecule has 1 aromatic rings.